The van der Waals surface area contributed by atoms with Gasteiger partial charge in [-0.15, -0.1) is 0 Å². The molecular weight excluding hydrogens is 327 g/mol. The number of rotatable bonds is 6. The van der Waals surface area contributed by atoms with Crippen molar-refractivity contribution in [1.29, 1.82) is 0 Å². The van der Waals surface area contributed by atoms with Crippen LogP contribution < -0.4 is 10.6 Å². The summed E-state index contributed by atoms with van der Waals surface area (Å²) in [6, 6.07) is 6.75. The zero-order chi connectivity index (χ0) is 17.7. The third-order valence-electron chi connectivity index (χ3n) is 3.44. The van der Waals surface area contributed by atoms with Gasteiger partial charge in [-0.2, -0.15) is 13.2 Å². The van der Waals surface area contributed by atoms with Crippen LogP contribution in [0.3, 0.4) is 0 Å². The minimum absolute atomic E-state index is 0.0560. The van der Waals surface area contributed by atoms with Crippen LogP contribution >= 0.6 is 0 Å². The van der Waals surface area contributed by atoms with Gasteiger partial charge < -0.3 is 10.2 Å². The average molecular weight is 343 g/mol. The fourth-order valence-corrected chi connectivity index (χ4v) is 2.34. The van der Waals surface area contributed by atoms with Crippen molar-refractivity contribution in [2.24, 2.45) is 0 Å². The first kappa shape index (κ1) is 17.8. The van der Waals surface area contributed by atoms with Gasteiger partial charge in [-0.3, -0.25) is 14.9 Å². The molecule has 6 nitrogen and oxygen atoms in total. The van der Waals surface area contributed by atoms with Gasteiger partial charge in [-0.05, 0) is 12.0 Å². The first-order valence-corrected chi connectivity index (χ1v) is 7.24. The lowest BCUT2D eigenvalue weighted by Crippen LogP contribution is -2.39. The van der Waals surface area contributed by atoms with E-state index in [2.05, 4.69) is 5.32 Å². The monoisotopic (exact) mass is 343 g/mol. The zero-order valence-electron chi connectivity index (χ0n) is 12.6. The van der Waals surface area contributed by atoms with Gasteiger partial charge in [-0.1, -0.05) is 30.3 Å². The predicted octanol–water partition coefficient (Wildman–Crippen LogP) is 1.57. The van der Waals surface area contributed by atoms with Crippen LogP contribution in [0.4, 0.5) is 18.0 Å². The number of urea groups is 1. The molecule has 0 saturated carbocycles. The smallest absolute Gasteiger partial charge is 0.329 e. The van der Waals surface area contributed by atoms with Gasteiger partial charge in [0.15, 0.2) is 0 Å². The molecule has 0 spiro atoms. The Morgan fingerprint density at radius 2 is 1.83 bits per heavy atom. The van der Waals surface area contributed by atoms with Crippen molar-refractivity contribution in [3.8, 4) is 0 Å². The minimum atomic E-state index is -4.52. The van der Waals surface area contributed by atoms with Crippen molar-refractivity contribution < 1.29 is 27.6 Å². The highest BCUT2D eigenvalue weighted by Gasteiger charge is 2.34. The molecule has 1 aromatic rings. The second-order valence-electron chi connectivity index (χ2n) is 5.40. The van der Waals surface area contributed by atoms with Crippen LogP contribution in [0.15, 0.2) is 30.3 Å². The lowest BCUT2D eigenvalue weighted by Gasteiger charge is -2.24. The van der Waals surface area contributed by atoms with Crippen LogP contribution in [0.5, 0.6) is 0 Å². The van der Waals surface area contributed by atoms with Crippen LogP contribution in [0.25, 0.3) is 0 Å². The van der Waals surface area contributed by atoms with Gasteiger partial charge in [0.25, 0.3) is 5.91 Å². The molecule has 1 aromatic carbocycles. The number of amides is 4. The summed E-state index contributed by atoms with van der Waals surface area (Å²) in [5.41, 5.74) is 0.571. The third kappa shape index (κ3) is 5.25. The minimum Gasteiger partial charge on any atom is -0.329 e. The second kappa shape index (κ2) is 7.33. The molecule has 130 valence electrons. The van der Waals surface area contributed by atoms with E-state index in [0.29, 0.717) is 10.5 Å². The molecular formula is C15H16F3N3O3. The van der Waals surface area contributed by atoms with Crippen LogP contribution in [0.1, 0.15) is 18.4 Å². The number of halogens is 3. The Labute approximate surface area is 136 Å². The molecule has 1 heterocycles. The molecule has 0 aromatic heterocycles. The summed E-state index contributed by atoms with van der Waals surface area (Å²) < 4.78 is 38.1. The van der Waals surface area contributed by atoms with Gasteiger partial charge >= 0.3 is 12.2 Å². The Bertz CT molecular complexity index is 619. The number of benzene rings is 1. The summed E-state index contributed by atoms with van der Waals surface area (Å²) in [7, 11) is 0. The van der Waals surface area contributed by atoms with Gasteiger partial charge in [0, 0.05) is 13.0 Å². The summed E-state index contributed by atoms with van der Waals surface area (Å²) in [6.45, 7) is -1.55. The van der Waals surface area contributed by atoms with E-state index in [1.165, 1.54) is 0 Å². The van der Waals surface area contributed by atoms with E-state index in [-0.39, 0.29) is 19.4 Å². The molecule has 0 aliphatic carbocycles. The van der Waals surface area contributed by atoms with Crippen molar-refractivity contribution in [3.05, 3.63) is 35.9 Å². The number of hydrogen-bond donors (Lipinski definition) is 2. The molecule has 4 amide bonds. The number of carbonyl (C=O) groups is 3. The highest BCUT2D eigenvalue weighted by atomic mass is 19.4. The Morgan fingerprint density at radius 1 is 1.17 bits per heavy atom. The number of alkyl halides is 3. The lowest BCUT2D eigenvalue weighted by molar-refractivity contribution is -0.162. The predicted molar refractivity (Wildman–Crippen MR) is 77.6 cm³/mol. The third-order valence-corrected chi connectivity index (χ3v) is 3.44. The zero-order valence-corrected chi connectivity index (χ0v) is 12.6. The van der Waals surface area contributed by atoms with Crippen molar-refractivity contribution in [2.45, 2.75) is 31.6 Å². The summed E-state index contributed by atoms with van der Waals surface area (Å²) in [4.78, 5) is 35.2. The van der Waals surface area contributed by atoms with Gasteiger partial charge in [0.05, 0.1) is 0 Å². The van der Waals surface area contributed by atoms with E-state index in [1.807, 2.05) is 5.32 Å². The molecule has 1 aliphatic heterocycles. The SMILES string of the molecule is O=C1NC(=O)[C@H](CCC(=O)N(Cc2ccccc2)CC(F)(F)F)N1. The molecule has 0 unspecified atom stereocenters. The van der Waals surface area contributed by atoms with E-state index >= 15 is 0 Å². The first-order chi connectivity index (χ1) is 11.2. The Kier molecular flexibility index (Phi) is 5.42. The van der Waals surface area contributed by atoms with E-state index in [9.17, 15) is 27.6 Å². The molecule has 2 rings (SSSR count). The molecule has 1 atom stereocenters. The molecule has 0 radical (unpaired) electrons. The van der Waals surface area contributed by atoms with Gasteiger partial charge in [0.2, 0.25) is 5.91 Å². The standard InChI is InChI=1S/C15H16F3N3O3/c16-15(17,18)9-21(8-10-4-2-1-3-5-10)12(22)7-6-11-13(23)20-14(24)19-11/h1-5,11H,6-9H2,(H2,19,20,23,24)/t11-/m0/s1. The number of hydrogen-bond acceptors (Lipinski definition) is 3. The highest BCUT2D eigenvalue weighted by molar-refractivity contribution is 6.04. The number of nitrogens with zero attached hydrogens (tertiary/aromatic N) is 1. The van der Waals surface area contributed by atoms with Crippen molar-refractivity contribution in [1.82, 2.24) is 15.5 Å². The molecule has 1 fully saturated rings. The van der Waals surface area contributed by atoms with Crippen LogP contribution in [0, 0.1) is 0 Å². The normalized spacial score (nSPS) is 17.4. The molecule has 1 aliphatic rings. The quantitative estimate of drug-likeness (QED) is 0.770. The summed E-state index contributed by atoms with van der Waals surface area (Å²) in [6.07, 6.45) is -4.86. The Morgan fingerprint density at radius 3 is 2.38 bits per heavy atom. The van der Waals surface area contributed by atoms with Gasteiger partial charge in [0.1, 0.15) is 12.6 Å². The average Bonchev–Trinajstić information content (AvgIpc) is 2.81. The van der Waals surface area contributed by atoms with Crippen molar-refractivity contribution >= 4 is 17.8 Å². The molecule has 1 saturated heterocycles. The van der Waals surface area contributed by atoms with Crippen LogP contribution in [-0.4, -0.2) is 41.5 Å². The molecule has 2 N–H and O–H groups in total. The maximum absolute atomic E-state index is 12.7. The highest BCUT2D eigenvalue weighted by Crippen LogP contribution is 2.19. The van der Waals surface area contributed by atoms with E-state index < -0.39 is 36.6 Å². The maximum Gasteiger partial charge on any atom is 0.406 e. The summed E-state index contributed by atoms with van der Waals surface area (Å²) >= 11 is 0. The Hall–Kier alpha value is -2.58. The maximum atomic E-state index is 12.7. The Balaban J connectivity index is 1.98. The molecule has 24 heavy (non-hydrogen) atoms. The van der Waals surface area contributed by atoms with Crippen LogP contribution in [0.2, 0.25) is 0 Å². The molecule has 0 bridgehead atoms. The van der Waals surface area contributed by atoms with E-state index in [0.717, 1.165) is 0 Å². The fraction of sp³-hybridized carbons (Fsp3) is 0.400. The molecule has 9 heteroatoms. The van der Waals surface area contributed by atoms with E-state index in [1.54, 1.807) is 30.3 Å². The summed E-state index contributed by atoms with van der Waals surface area (Å²) in [5.74, 6) is -1.32. The fourth-order valence-electron chi connectivity index (χ4n) is 2.34. The van der Waals surface area contributed by atoms with Gasteiger partial charge in [-0.25, -0.2) is 4.79 Å². The van der Waals surface area contributed by atoms with E-state index in [4.69, 9.17) is 0 Å². The van der Waals surface area contributed by atoms with Crippen LogP contribution in [-0.2, 0) is 16.1 Å². The van der Waals surface area contributed by atoms with Crippen molar-refractivity contribution in [2.75, 3.05) is 6.54 Å². The lowest BCUT2D eigenvalue weighted by atomic mass is 10.1. The van der Waals surface area contributed by atoms with Crippen molar-refractivity contribution in [3.63, 3.8) is 0 Å². The largest absolute Gasteiger partial charge is 0.406 e. The number of carbonyl (C=O) groups excluding carboxylic acids is 3. The first-order valence-electron chi connectivity index (χ1n) is 7.24. The topological polar surface area (TPSA) is 78.5 Å². The summed E-state index contributed by atoms with van der Waals surface area (Å²) in [5, 5.41) is 4.31. The number of nitrogens with one attached hydrogen (secondary N) is 2. The number of imide groups is 1. The second-order valence-corrected chi connectivity index (χ2v) is 5.40.